The van der Waals surface area contributed by atoms with E-state index in [1.54, 1.807) is 0 Å². The summed E-state index contributed by atoms with van der Waals surface area (Å²) in [5.41, 5.74) is 7.48. The molecule has 1 aromatic carbocycles. The number of benzene rings is 1. The summed E-state index contributed by atoms with van der Waals surface area (Å²) in [6.45, 7) is 6.04. The van der Waals surface area contributed by atoms with Crippen molar-refractivity contribution in [3.8, 4) is 5.75 Å². The maximum atomic E-state index is 5.72. The Kier molecular flexibility index (Phi) is 4.98. The van der Waals surface area contributed by atoms with E-state index in [0.29, 0.717) is 13.2 Å². The van der Waals surface area contributed by atoms with E-state index in [0.717, 1.165) is 30.0 Å². The van der Waals surface area contributed by atoms with Crippen molar-refractivity contribution in [1.82, 2.24) is 0 Å². The summed E-state index contributed by atoms with van der Waals surface area (Å²) in [5, 5.41) is 0. The van der Waals surface area contributed by atoms with Crippen molar-refractivity contribution in [3.63, 3.8) is 0 Å². The molecule has 0 atom stereocenters. The van der Waals surface area contributed by atoms with Gasteiger partial charge < -0.3 is 15.2 Å². The Morgan fingerprint density at radius 3 is 2.73 bits per heavy atom. The van der Waals surface area contributed by atoms with Crippen LogP contribution in [0.15, 0.2) is 18.2 Å². The average molecular weight is 209 g/mol. The second kappa shape index (κ2) is 6.30. The van der Waals surface area contributed by atoms with E-state index in [1.807, 2.05) is 25.1 Å². The van der Waals surface area contributed by atoms with Crippen LogP contribution in [0, 0.1) is 0 Å². The van der Waals surface area contributed by atoms with E-state index in [9.17, 15) is 0 Å². The summed E-state index contributed by atoms with van der Waals surface area (Å²) in [4.78, 5) is 0. The standard InChI is InChI=1S/C12H19NO2/c1-3-7-14-9-10-8-11(13)5-6-12(10)15-4-2/h5-6,8H,3-4,7,9,13H2,1-2H3. The predicted molar refractivity (Wildman–Crippen MR) is 62.0 cm³/mol. The van der Waals surface area contributed by atoms with Crippen LogP contribution in [0.1, 0.15) is 25.8 Å². The van der Waals surface area contributed by atoms with E-state index < -0.39 is 0 Å². The fourth-order valence-electron chi connectivity index (χ4n) is 1.33. The van der Waals surface area contributed by atoms with Crippen molar-refractivity contribution < 1.29 is 9.47 Å². The normalized spacial score (nSPS) is 10.3. The lowest BCUT2D eigenvalue weighted by Crippen LogP contribution is -2.01. The Morgan fingerprint density at radius 1 is 1.27 bits per heavy atom. The Hall–Kier alpha value is -1.22. The summed E-state index contributed by atoms with van der Waals surface area (Å²) in [5.74, 6) is 0.864. The molecule has 0 aliphatic rings. The van der Waals surface area contributed by atoms with Crippen molar-refractivity contribution in [3.05, 3.63) is 23.8 Å². The molecule has 3 nitrogen and oxygen atoms in total. The lowest BCUT2D eigenvalue weighted by molar-refractivity contribution is 0.119. The number of rotatable bonds is 6. The monoisotopic (exact) mass is 209 g/mol. The number of nitrogen functional groups attached to an aromatic ring is 1. The minimum absolute atomic E-state index is 0.564. The van der Waals surface area contributed by atoms with E-state index in [4.69, 9.17) is 15.2 Å². The SMILES string of the molecule is CCCOCc1cc(N)ccc1OCC. The van der Waals surface area contributed by atoms with Crippen molar-refractivity contribution in [1.29, 1.82) is 0 Å². The molecule has 0 bridgehead atoms. The molecule has 0 heterocycles. The van der Waals surface area contributed by atoms with Crippen LogP contribution in [0.5, 0.6) is 5.75 Å². The molecule has 2 N–H and O–H groups in total. The van der Waals surface area contributed by atoms with Crippen LogP contribution in [0.2, 0.25) is 0 Å². The molecule has 0 aliphatic heterocycles. The fraction of sp³-hybridized carbons (Fsp3) is 0.500. The van der Waals surface area contributed by atoms with Gasteiger partial charge in [0.2, 0.25) is 0 Å². The molecule has 0 unspecified atom stereocenters. The molecule has 0 amide bonds. The van der Waals surface area contributed by atoms with Gasteiger partial charge in [0, 0.05) is 17.9 Å². The van der Waals surface area contributed by atoms with Crippen molar-refractivity contribution >= 4 is 5.69 Å². The van der Waals surface area contributed by atoms with Crippen LogP contribution in [0.4, 0.5) is 5.69 Å². The molecular weight excluding hydrogens is 190 g/mol. The highest BCUT2D eigenvalue weighted by Gasteiger charge is 2.03. The highest BCUT2D eigenvalue weighted by atomic mass is 16.5. The van der Waals surface area contributed by atoms with E-state index in [-0.39, 0.29) is 0 Å². The molecule has 0 spiro atoms. The number of nitrogens with two attached hydrogens (primary N) is 1. The molecule has 1 rings (SSSR count). The lowest BCUT2D eigenvalue weighted by Gasteiger charge is -2.11. The van der Waals surface area contributed by atoms with Gasteiger partial charge in [-0.2, -0.15) is 0 Å². The molecule has 1 aromatic rings. The Morgan fingerprint density at radius 2 is 2.07 bits per heavy atom. The topological polar surface area (TPSA) is 44.5 Å². The van der Waals surface area contributed by atoms with Crippen LogP contribution in [0.3, 0.4) is 0 Å². The minimum atomic E-state index is 0.564. The quantitative estimate of drug-likeness (QED) is 0.578. The van der Waals surface area contributed by atoms with Gasteiger partial charge in [-0.3, -0.25) is 0 Å². The number of anilines is 1. The van der Waals surface area contributed by atoms with Gasteiger partial charge >= 0.3 is 0 Å². The molecule has 0 aromatic heterocycles. The summed E-state index contributed by atoms with van der Waals surface area (Å²) in [6.07, 6.45) is 1.02. The molecule has 0 radical (unpaired) electrons. The second-order valence-corrected chi connectivity index (χ2v) is 3.35. The molecule has 0 aliphatic carbocycles. The third kappa shape index (κ3) is 3.80. The first-order valence-electron chi connectivity index (χ1n) is 5.36. The summed E-state index contributed by atoms with van der Waals surface area (Å²) in [7, 11) is 0. The molecule has 15 heavy (non-hydrogen) atoms. The van der Waals surface area contributed by atoms with Gasteiger partial charge in [0.05, 0.1) is 13.2 Å². The van der Waals surface area contributed by atoms with E-state index in [1.165, 1.54) is 0 Å². The number of ether oxygens (including phenoxy) is 2. The van der Waals surface area contributed by atoms with Gasteiger partial charge in [-0.05, 0) is 31.5 Å². The fourth-order valence-corrected chi connectivity index (χ4v) is 1.33. The first kappa shape index (κ1) is 11.9. The van der Waals surface area contributed by atoms with Gasteiger partial charge in [0.25, 0.3) is 0 Å². The van der Waals surface area contributed by atoms with Gasteiger partial charge in [-0.25, -0.2) is 0 Å². The van der Waals surface area contributed by atoms with Crippen molar-refractivity contribution in [2.75, 3.05) is 18.9 Å². The highest BCUT2D eigenvalue weighted by molar-refractivity contribution is 5.47. The van der Waals surface area contributed by atoms with E-state index >= 15 is 0 Å². The largest absolute Gasteiger partial charge is 0.494 e. The third-order valence-electron chi connectivity index (χ3n) is 1.99. The maximum absolute atomic E-state index is 5.72. The zero-order valence-corrected chi connectivity index (χ0v) is 9.45. The second-order valence-electron chi connectivity index (χ2n) is 3.35. The minimum Gasteiger partial charge on any atom is -0.494 e. The lowest BCUT2D eigenvalue weighted by atomic mass is 10.2. The van der Waals surface area contributed by atoms with Crippen LogP contribution in [-0.4, -0.2) is 13.2 Å². The smallest absolute Gasteiger partial charge is 0.124 e. The number of hydrogen-bond acceptors (Lipinski definition) is 3. The van der Waals surface area contributed by atoms with Crippen molar-refractivity contribution in [2.24, 2.45) is 0 Å². The molecule has 84 valence electrons. The van der Waals surface area contributed by atoms with Gasteiger partial charge in [0.1, 0.15) is 5.75 Å². The molecule has 0 saturated heterocycles. The van der Waals surface area contributed by atoms with Gasteiger partial charge in [-0.1, -0.05) is 6.92 Å². The third-order valence-corrected chi connectivity index (χ3v) is 1.99. The number of hydrogen-bond donors (Lipinski definition) is 1. The summed E-state index contributed by atoms with van der Waals surface area (Å²) >= 11 is 0. The van der Waals surface area contributed by atoms with Gasteiger partial charge in [0.15, 0.2) is 0 Å². The Bertz CT molecular complexity index is 300. The molecule has 0 fully saturated rings. The van der Waals surface area contributed by atoms with Crippen LogP contribution in [0.25, 0.3) is 0 Å². The highest BCUT2D eigenvalue weighted by Crippen LogP contribution is 2.22. The average Bonchev–Trinajstić information content (AvgIpc) is 2.22. The zero-order valence-electron chi connectivity index (χ0n) is 9.45. The Labute approximate surface area is 91.2 Å². The van der Waals surface area contributed by atoms with Crippen molar-refractivity contribution in [2.45, 2.75) is 26.9 Å². The Balaban J connectivity index is 2.68. The predicted octanol–water partition coefficient (Wildman–Crippen LogP) is 2.59. The van der Waals surface area contributed by atoms with Crippen LogP contribution >= 0.6 is 0 Å². The first-order chi connectivity index (χ1) is 7.27. The van der Waals surface area contributed by atoms with Gasteiger partial charge in [-0.15, -0.1) is 0 Å². The zero-order chi connectivity index (χ0) is 11.1. The van der Waals surface area contributed by atoms with Crippen LogP contribution < -0.4 is 10.5 Å². The molecular formula is C12H19NO2. The molecule has 0 saturated carbocycles. The van der Waals surface area contributed by atoms with E-state index in [2.05, 4.69) is 6.92 Å². The van der Waals surface area contributed by atoms with Crippen LogP contribution in [-0.2, 0) is 11.3 Å². The summed E-state index contributed by atoms with van der Waals surface area (Å²) in [6, 6.07) is 5.64. The first-order valence-corrected chi connectivity index (χ1v) is 5.36. The molecule has 3 heteroatoms. The maximum Gasteiger partial charge on any atom is 0.124 e. The summed E-state index contributed by atoms with van der Waals surface area (Å²) < 4.78 is 11.0.